The summed E-state index contributed by atoms with van der Waals surface area (Å²) in [6.07, 6.45) is 15.3. The Hall–Kier alpha value is -1.33. The van der Waals surface area contributed by atoms with Crippen LogP contribution in [0.2, 0.25) is 0 Å². The van der Waals surface area contributed by atoms with Gasteiger partial charge in [-0.1, -0.05) is 57.8 Å². The predicted octanol–water partition coefficient (Wildman–Crippen LogP) is 6.27. The van der Waals surface area contributed by atoms with Crippen LogP contribution in [-0.4, -0.2) is 6.42 Å². The third-order valence-electron chi connectivity index (χ3n) is 6.27. The van der Waals surface area contributed by atoms with Crippen LogP contribution in [0.1, 0.15) is 96.3 Å². The van der Waals surface area contributed by atoms with Crippen LogP contribution in [0, 0.1) is 53.0 Å². The molecule has 0 heterocycles. The summed E-state index contributed by atoms with van der Waals surface area (Å²) in [5.41, 5.74) is 0. The zero-order chi connectivity index (χ0) is 18.1. The molecule has 2 heteroatoms. The van der Waals surface area contributed by atoms with E-state index in [9.17, 15) is 0 Å². The molecular weight excluding hydrogens is 318 g/mol. The first-order chi connectivity index (χ1) is 12.7. The summed E-state index contributed by atoms with van der Waals surface area (Å²) in [6.45, 7) is 0. The van der Waals surface area contributed by atoms with Crippen molar-refractivity contribution in [2.24, 2.45) is 17.8 Å². The van der Waals surface area contributed by atoms with Crippen molar-refractivity contribution in [2.75, 3.05) is 0 Å². The van der Waals surface area contributed by atoms with E-state index in [1.165, 1.54) is 57.8 Å². The van der Waals surface area contributed by atoms with Crippen LogP contribution in [0.4, 0.5) is 4.32 Å². The van der Waals surface area contributed by atoms with Gasteiger partial charge in [0.25, 0.3) is 0 Å². The Labute approximate surface area is 160 Å². The topological polar surface area (TPSA) is 0 Å². The van der Waals surface area contributed by atoms with E-state index in [2.05, 4.69) is 35.2 Å². The minimum absolute atomic E-state index is 0.355. The molecule has 3 fully saturated rings. The maximum atomic E-state index is 15.6. The molecule has 3 saturated carbocycles. The summed E-state index contributed by atoms with van der Waals surface area (Å²) in [5.74, 6) is 19.6. The third-order valence-corrected chi connectivity index (χ3v) is 6.27. The molecule has 0 atom stereocenters. The van der Waals surface area contributed by atoms with Gasteiger partial charge >= 0.3 is 6.42 Å². The van der Waals surface area contributed by atoms with E-state index in [4.69, 9.17) is 0 Å². The molecule has 0 N–H and O–H groups in total. The van der Waals surface area contributed by atoms with Crippen molar-refractivity contribution in [3.63, 3.8) is 0 Å². The normalized spacial score (nSPS) is 23.0. The molecule has 26 heavy (non-hydrogen) atoms. The highest BCUT2D eigenvalue weighted by Gasteiger charge is 2.19. The number of halogens is 1. The molecule has 0 saturated heterocycles. The van der Waals surface area contributed by atoms with Crippen molar-refractivity contribution < 1.29 is 4.32 Å². The second-order valence-corrected chi connectivity index (χ2v) is 8.63. The van der Waals surface area contributed by atoms with E-state index in [1.807, 2.05) is 0 Å². The Morgan fingerprint density at radius 2 is 0.731 bits per heavy atom. The molecule has 3 aliphatic rings. The summed E-state index contributed by atoms with van der Waals surface area (Å²) in [5, 5.41) is 0. The third kappa shape index (κ3) is 6.44. The fourth-order valence-electron chi connectivity index (χ4n) is 4.55. The Morgan fingerprint density at radius 3 is 1.00 bits per heavy atom. The number of hydrogen-bond acceptors (Lipinski definition) is 0. The van der Waals surface area contributed by atoms with Crippen molar-refractivity contribution in [1.82, 2.24) is 0 Å². The van der Waals surface area contributed by atoms with Gasteiger partial charge in [0.1, 0.15) is 0 Å². The van der Waals surface area contributed by atoms with Crippen molar-refractivity contribution in [1.29, 1.82) is 0 Å². The van der Waals surface area contributed by atoms with Gasteiger partial charge < -0.3 is 4.32 Å². The molecule has 0 aromatic heterocycles. The van der Waals surface area contributed by atoms with E-state index in [0.717, 1.165) is 38.5 Å². The highest BCUT2D eigenvalue weighted by atomic mass is 19.1. The van der Waals surface area contributed by atoms with Gasteiger partial charge in [0.05, 0.1) is 0 Å². The zero-order valence-electron chi connectivity index (χ0n) is 16.3. The van der Waals surface area contributed by atoms with Gasteiger partial charge in [-0.05, 0) is 38.5 Å². The lowest BCUT2D eigenvalue weighted by Crippen LogP contribution is -2.25. The molecule has 0 unspecified atom stereocenters. The summed E-state index contributed by atoms with van der Waals surface area (Å²) < 4.78 is 15.6. The van der Waals surface area contributed by atoms with Gasteiger partial charge in [-0.15, -0.1) is 17.8 Å². The minimum atomic E-state index is -2.67. The lowest BCUT2D eigenvalue weighted by molar-refractivity contribution is 0.430. The van der Waals surface area contributed by atoms with E-state index in [0.29, 0.717) is 17.8 Å². The lowest BCUT2D eigenvalue weighted by Gasteiger charge is -2.21. The Balaban J connectivity index is 1.74. The van der Waals surface area contributed by atoms with Crippen LogP contribution in [0.15, 0.2) is 0 Å². The number of hydrogen-bond donors (Lipinski definition) is 0. The van der Waals surface area contributed by atoms with Crippen molar-refractivity contribution >= 4 is 6.42 Å². The van der Waals surface area contributed by atoms with Crippen LogP contribution in [0.25, 0.3) is 0 Å². The van der Waals surface area contributed by atoms with Gasteiger partial charge in [-0.3, -0.25) is 0 Å². The summed E-state index contributed by atoms with van der Waals surface area (Å²) >= 11 is 0. The molecule has 0 aromatic rings. The second-order valence-electron chi connectivity index (χ2n) is 8.63. The Morgan fingerprint density at radius 1 is 0.462 bits per heavy atom. The largest absolute Gasteiger partial charge is 0.472 e. The van der Waals surface area contributed by atoms with Crippen LogP contribution in [0.3, 0.4) is 0 Å². The molecule has 0 aromatic carbocycles. The molecule has 0 radical (unpaired) electrons. The maximum absolute atomic E-state index is 15.6. The van der Waals surface area contributed by atoms with Crippen LogP contribution in [0.5, 0.6) is 0 Å². The molecule has 3 aliphatic carbocycles. The Bertz CT molecular complexity index is 526. The molecule has 0 spiro atoms. The zero-order valence-corrected chi connectivity index (χ0v) is 16.3. The maximum Gasteiger partial charge on any atom is 0.357 e. The monoisotopic (exact) mass is 351 g/mol. The molecule has 140 valence electrons. The van der Waals surface area contributed by atoms with Crippen LogP contribution in [-0.2, 0) is 0 Å². The fraction of sp³-hybridized carbons (Fsp3) is 0.750. The quantitative estimate of drug-likeness (QED) is 0.356. The predicted molar refractivity (Wildman–Crippen MR) is 110 cm³/mol. The van der Waals surface area contributed by atoms with Crippen LogP contribution < -0.4 is 0 Å². The lowest BCUT2D eigenvalue weighted by atomic mass is 9.45. The SMILES string of the molecule is F[B-](C#CC1CCCCC1)(C#CC1CCCCC1)C#CC1CCCCC1. The Kier molecular flexibility index (Phi) is 7.57. The highest BCUT2D eigenvalue weighted by Crippen LogP contribution is 2.25. The summed E-state index contributed by atoms with van der Waals surface area (Å²) in [7, 11) is 0. The standard InChI is InChI=1S/C24H33BF/c26-25(19-16-22-10-4-1-5-11-22,20-17-23-12-6-2-7-13-23)21-18-24-14-8-3-9-15-24/h22-24H,1-15H2/q-1. The summed E-state index contributed by atoms with van der Waals surface area (Å²) in [6, 6.07) is 0. The molecular formula is C24H33BF-. The molecule has 3 rings (SSSR count). The first-order valence-corrected chi connectivity index (χ1v) is 11.1. The van der Waals surface area contributed by atoms with E-state index in [1.54, 1.807) is 0 Å². The molecule has 0 bridgehead atoms. The van der Waals surface area contributed by atoms with E-state index >= 15 is 4.32 Å². The first-order valence-electron chi connectivity index (χ1n) is 11.1. The average molecular weight is 351 g/mol. The minimum Gasteiger partial charge on any atom is -0.472 e. The second kappa shape index (κ2) is 10.1. The molecule has 0 amide bonds. The highest BCUT2D eigenvalue weighted by molar-refractivity contribution is 6.95. The smallest absolute Gasteiger partial charge is 0.357 e. The first kappa shape index (κ1) is 19.4. The van der Waals surface area contributed by atoms with Crippen LogP contribution >= 0.6 is 0 Å². The van der Waals surface area contributed by atoms with Crippen molar-refractivity contribution in [3.05, 3.63) is 0 Å². The summed E-state index contributed by atoms with van der Waals surface area (Å²) in [4.78, 5) is 0. The van der Waals surface area contributed by atoms with Gasteiger partial charge in [-0.2, -0.15) is 0 Å². The average Bonchev–Trinajstić information content (AvgIpc) is 2.72. The van der Waals surface area contributed by atoms with Gasteiger partial charge in [0.15, 0.2) is 0 Å². The molecule has 0 nitrogen and oxygen atoms in total. The molecule has 0 aliphatic heterocycles. The van der Waals surface area contributed by atoms with Gasteiger partial charge in [-0.25, -0.2) is 17.5 Å². The van der Waals surface area contributed by atoms with Gasteiger partial charge in [0.2, 0.25) is 0 Å². The number of rotatable bonds is 0. The van der Waals surface area contributed by atoms with Gasteiger partial charge in [0, 0.05) is 17.8 Å². The van der Waals surface area contributed by atoms with E-state index in [-0.39, 0.29) is 0 Å². The fourth-order valence-corrected chi connectivity index (χ4v) is 4.55. The van der Waals surface area contributed by atoms with E-state index < -0.39 is 6.42 Å². The van der Waals surface area contributed by atoms with Crippen molar-refractivity contribution in [3.8, 4) is 35.2 Å². The van der Waals surface area contributed by atoms with Crippen molar-refractivity contribution in [2.45, 2.75) is 96.3 Å².